The van der Waals surface area contributed by atoms with Gasteiger partial charge in [-0.05, 0) is 12.8 Å². The summed E-state index contributed by atoms with van der Waals surface area (Å²) in [7, 11) is 0. The van der Waals surface area contributed by atoms with Crippen LogP contribution in [0.4, 0.5) is 0 Å². The van der Waals surface area contributed by atoms with Crippen LogP contribution in [0, 0.1) is 0 Å². The largest absolute Gasteiger partial charge is 0.481 e. The van der Waals surface area contributed by atoms with Crippen molar-refractivity contribution in [1.29, 1.82) is 0 Å². The number of aromatic amines is 1. The lowest BCUT2D eigenvalue weighted by Crippen LogP contribution is -2.54. The van der Waals surface area contributed by atoms with E-state index in [0.717, 1.165) is 0 Å². The van der Waals surface area contributed by atoms with Gasteiger partial charge >= 0.3 is 11.9 Å². The number of carboxylic acid groups (broad SMARTS) is 2. The molecule has 34 heavy (non-hydrogen) atoms. The summed E-state index contributed by atoms with van der Waals surface area (Å²) in [4.78, 5) is 69.2. The van der Waals surface area contributed by atoms with Crippen molar-refractivity contribution in [2.75, 3.05) is 13.1 Å². The molecule has 16 heteroatoms. The molecular weight excluding hydrogens is 454 g/mol. The second kappa shape index (κ2) is 14.0. The summed E-state index contributed by atoms with van der Waals surface area (Å²) < 4.78 is 0. The van der Waals surface area contributed by atoms with Crippen LogP contribution in [0.5, 0.6) is 0 Å². The zero-order valence-electron chi connectivity index (χ0n) is 18.2. The molecule has 1 rings (SSSR count). The summed E-state index contributed by atoms with van der Waals surface area (Å²) in [6, 6.07) is -3.77. The molecule has 0 aliphatic carbocycles. The maximum Gasteiger partial charge on any atom is 0.326 e. The number of hydrogen-bond donors (Lipinski definition) is 9. The van der Waals surface area contributed by atoms with Crippen molar-refractivity contribution in [2.24, 2.45) is 22.2 Å². The van der Waals surface area contributed by atoms with E-state index in [0.29, 0.717) is 12.1 Å². The van der Waals surface area contributed by atoms with Gasteiger partial charge in [0.2, 0.25) is 17.7 Å². The maximum atomic E-state index is 12.6. The molecule has 0 saturated heterocycles. The van der Waals surface area contributed by atoms with E-state index in [1.165, 1.54) is 12.5 Å². The van der Waals surface area contributed by atoms with Gasteiger partial charge in [-0.3, -0.25) is 24.2 Å². The molecular formula is C18H29N9O7. The fraction of sp³-hybridized carbons (Fsp3) is 0.500. The number of aromatic nitrogens is 2. The first kappa shape index (κ1) is 27.8. The van der Waals surface area contributed by atoms with Gasteiger partial charge in [0.15, 0.2) is 5.96 Å². The molecule has 0 fully saturated rings. The van der Waals surface area contributed by atoms with Gasteiger partial charge in [0, 0.05) is 24.9 Å². The van der Waals surface area contributed by atoms with Crippen LogP contribution in [-0.2, 0) is 30.4 Å². The van der Waals surface area contributed by atoms with E-state index in [-0.39, 0.29) is 25.3 Å². The lowest BCUT2D eigenvalue weighted by molar-refractivity contribution is -0.147. The van der Waals surface area contributed by atoms with Crippen molar-refractivity contribution in [3.63, 3.8) is 0 Å². The van der Waals surface area contributed by atoms with Gasteiger partial charge in [-0.25, -0.2) is 9.78 Å². The SMILES string of the molecule is NC(N)=NCCCC(NC(=O)C(N)Cc1cnc[nH]1)C(=O)NCC(=O)NC(CC(=O)O)C(=O)O. The third-order valence-corrected chi connectivity index (χ3v) is 4.34. The number of imidazole rings is 1. The average molecular weight is 483 g/mol. The van der Waals surface area contributed by atoms with Crippen molar-refractivity contribution in [3.05, 3.63) is 18.2 Å². The van der Waals surface area contributed by atoms with Gasteiger partial charge in [-0.15, -0.1) is 0 Å². The number of rotatable bonds is 15. The second-order valence-corrected chi connectivity index (χ2v) is 7.17. The number of carboxylic acids is 2. The van der Waals surface area contributed by atoms with Gasteiger partial charge < -0.3 is 48.3 Å². The molecule has 0 bridgehead atoms. The van der Waals surface area contributed by atoms with Gasteiger partial charge in [0.1, 0.15) is 12.1 Å². The Balaban J connectivity index is 2.71. The zero-order valence-corrected chi connectivity index (χ0v) is 18.2. The topological polar surface area (TPSA) is 281 Å². The summed E-state index contributed by atoms with van der Waals surface area (Å²) >= 11 is 0. The fourth-order valence-electron chi connectivity index (χ4n) is 2.69. The van der Waals surface area contributed by atoms with E-state index in [9.17, 15) is 24.0 Å². The van der Waals surface area contributed by atoms with Crippen LogP contribution in [-0.4, -0.2) is 87.0 Å². The Morgan fingerprint density at radius 3 is 2.35 bits per heavy atom. The number of guanidine groups is 1. The first-order valence-corrected chi connectivity index (χ1v) is 10.1. The van der Waals surface area contributed by atoms with Gasteiger partial charge in [0.25, 0.3) is 0 Å². The number of nitrogens with two attached hydrogens (primary N) is 3. The molecule has 0 aliphatic heterocycles. The first-order chi connectivity index (χ1) is 16.0. The number of carbonyl (C=O) groups excluding carboxylic acids is 3. The zero-order chi connectivity index (χ0) is 25.7. The Morgan fingerprint density at radius 2 is 1.79 bits per heavy atom. The van der Waals surface area contributed by atoms with Crippen LogP contribution in [0.2, 0.25) is 0 Å². The minimum absolute atomic E-state index is 0.101. The highest BCUT2D eigenvalue weighted by Crippen LogP contribution is 2.02. The number of aliphatic carboxylic acids is 2. The van der Waals surface area contributed by atoms with Crippen molar-refractivity contribution in [1.82, 2.24) is 25.9 Å². The number of nitrogens with one attached hydrogen (secondary N) is 4. The highest BCUT2D eigenvalue weighted by Gasteiger charge is 2.26. The van der Waals surface area contributed by atoms with E-state index >= 15 is 0 Å². The highest BCUT2D eigenvalue weighted by atomic mass is 16.4. The van der Waals surface area contributed by atoms with Crippen LogP contribution >= 0.6 is 0 Å². The summed E-state index contributed by atoms with van der Waals surface area (Å²) in [5.41, 5.74) is 17.0. The Kier molecular flexibility index (Phi) is 11.5. The fourth-order valence-corrected chi connectivity index (χ4v) is 2.69. The van der Waals surface area contributed by atoms with Gasteiger partial charge in [-0.2, -0.15) is 0 Å². The highest BCUT2D eigenvalue weighted by molar-refractivity contribution is 5.93. The quantitative estimate of drug-likeness (QED) is 0.0657. The minimum Gasteiger partial charge on any atom is -0.481 e. The predicted molar refractivity (Wildman–Crippen MR) is 117 cm³/mol. The van der Waals surface area contributed by atoms with Crippen LogP contribution in [0.25, 0.3) is 0 Å². The third kappa shape index (κ3) is 10.9. The average Bonchev–Trinajstić information content (AvgIpc) is 3.25. The smallest absolute Gasteiger partial charge is 0.326 e. The molecule has 16 nitrogen and oxygen atoms in total. The van der Waals surface area contributed by atoms with Crippen molar-refractivity contribution < 1.29 is 34.2 Å². The monoisotopic (exact) mass is 483 g/mol. The maximum absolute atomic E-state index is 12.6. The van der Waals surface area contributed by atoms with E-state index in [4.69, 9.17) is 27.4 Å². The van der Waals surface area contributed by atoms with Crippen molar-refractivity contribution >= 4 is 35.6 Å². The lowest BCUT2D eigenvalue weighted by atomic mass is 10.1. The Hall–Kier alpha value is -4.21. The van der Waals surface area contributed by atoms with Crippen molar-refractivity contribution in [3.8, 4) is 0 Å². The van der Waals surface area contributed by atoms with Gasteiger partial charge in [-0.1, -0.05) is 0 Å². The number of carbonyl (C=O) groups is 5. The predicted octanol–water partition coefficient (Wildman–Crippen LogP) is -4.02. The molecule has 0 aromatic carbocycles. The number of nitrogens with zero attached hydrogens (tertiary/aromatic N) is 2. The molecule has 1 heterocycles. The number of aliphatic imine (C=N–C) groups is 1. The summed E-state index contributed by atoms with van der Waals surface area (Å²) in [5.74, 6) is -5.41. The van der Waals surface area contributed by atoms with E-state index in [1.54, 1.807) is 0 Å². The van der Waals surface area contributed by atoms with E-state index in [2.05, 4.69) is 25.6 Å². The molecule has 12 N–H and O–H groups in total. The van der Waals surface area contributed by atoms with Crippen LogP contribution in [0.3, 0.4) is 0 Å². The molecule has 3 amide bonds. The summed E-state index contributed by atoms with van der Waals surface area (Å²) in [6.45, 7) is -0.471. The second-order valence-electron chi connectivity index (χ2n) is 7.17. The standard InChI is InChI=1S/C18H29N9O7/c19-10(4-9-6-22-8-25-9)15(31)27-11(2-1-3-23-18(20)21)16(32)24-7-13(28)26-12(17(33)34)5-14(29)30/h6,8,10-12H,1-5,7,19H2,(H,22,25)(H,24,32)(H,26,28)(H,27,31)(H,29,30)(H,33,34)(H4,20,21,23). The minimum atomic E-state index is -1.67. The number of amides is 3. The summed E-state index contributed by atoms with van der Waals surface area (Å²) in [6.07, 6.45) is 2.63. The number of H-pyrrole nitrogens is 1. The molecule has 0 aliphatic rings. The lowest BCUT2D eigenvalue weighted by Gasteiger charge is -2.20. The molecule has 1 aromatic heterocycles. The molecule has 0 saturated carbocycles. The summed E-state index contributed by atoms with van der Waals surface area (Å²) in [5, 5.41) is 24.5. The Morgan fingerprint density at radius 1 is 1.09 bits per heavy atom. The van der Waals surface area contributed by atoms with Crippen LogP contribution in [0.1, 0.15) is 25.0 Å². The van der Waals surface area contributed by atoms with E-state index < -0.39 is 60.8 Å². The molecule has 0 radical (unpaired) electrons. The van der Waals surface area contributed by atoms with Crippen LogP contribution in [0.15, 0.2) is 17.5 Å². The Labute approximate surface area is 193 Å². The number of hydrogen-bond acceptors (Lipinski definition) is 8. The molecule has 3 atom stereocenters. The molecule has 3 unspecified atom stereocenters. The van der Waals surface area contributed by atoms with Crippen LogP contribution < -0.4 is 33.2 Å². The molecule has 188 valence electrons. The third-order valence-electron chi connectivity index (χ3n) is 4.34. The van der Waals surface area contributed by atoms with Gasteiger partial charge in [0.05, 0.1) is 25.3 Å². The van der Waals surface area contributed by atoms with Crippen molar-refractivity contribution in [2.45, 2.75) is 43.8 Å². The first-order valence-electron chi connectivity index (χ1n) is 10.1. The molecule has 0 spiro atoms. The van der Waals surface area contributed by atoms with E-state index in [1.807, 2.05) is 5.32 Å². The normalized spacial score (nSPS) is 13.1. The Bertz CT molecular complexity index is 884. The molecule has 1 aromatic rings.